The molecule has 0 atom stereocenters. The molecule has 0 aromatic rings. The molecule has 0 spiro atoms. The maximum Gasteiger partial charge on any atom is 0.0366 e. The van der Waals surface area contributed by atoms with E-state index in [2.05, 4.69) is 49.2 Å². The second kappa shape index (κ2) is 10.4. The van der Waals surface area contributed by atoms with Gasteiger partial charge in [-0.05, 0) is 18.9 Å². The highest BCUT2D eigenvalue weighted by atomic mass is 14.9. The first-order chi connectivity index (χ1) is 8.95. The van der Waals surface area contributed by atoms with Gasteiger partial charge in [-0.1, -0.05) is 38.8 Å². The number of rotatable bonds is 12. The molecular weight excluding hydrogens is 234 g/mol. The molecule has 0 radical (unpaired) electrons. The predicted molar refractivity (Wildman–Crippen MR) is 86.0 cm³/mol. The maximum absolute atomic E-state index is 4.03. The fraction of sp³-hybridized carbons (Fsp3) is 0.500. The Balaban J connectivity index is 3.58. The molecule has 0 heterocycles. The Hall–Kier alpha value is -1.48. The molecule has 0 aliphatic rings. The van der Waals surface area contributed by atoms with E-state index < -0.39 is 0 Å². The standard InChI is InChI=1S/C16H29N3/c1-7-14(4)10-17-11-15(5)12-19-16(6)8-9-18-13(2)3/h17-19H,2,4-12H2,1,3H3. The van der Waals surface area contributed by atoms with Gasteiger partial charge in [0.25, 0.3) is 0 Å². The van der Waals surface area contributed by atoms with Gasteiger partial charge in [0.05, 0.1) is 0 Å². The normalized spacial score (nSPS) is 9.79. The average molecular weight is 263 g/mol. The molecule has 0 unspecified atom stereocenters. The van der Waals surface area contributed by atoms with Crippen LogP contribution in [0, 0.1) is 0 Å². The summed E-state index contributed by atoms with van der Waals surface area (Å²) in [4.78, 5) is 0. The molecule has 0 fully saturated rings. The van der Waals surface area contributed by atoms with E-state index in [9.17, 15) is 0 Å². The molecule has 0 saturated carbocycles. The summed E-state index contributed by atoms with van der Waals surface area (Å²) in [5.41, 5.74) is 4.35. The number of hydrogen-bond donors (Lipinski definition) is 3. The van der Waals surface area contributed by atoms with E-state index in [-0.39, 0.29) is 0 Å². The summed E-state index contributed by atoms with van der Waals surface area (Å²) in [6.45, 7) is 23.1. The average Bonchev–Trinajstić information content (AvgIpc) is 2.35. The molecule has 108 valence electrons. The van der Waals surface area contributed by atoms with Crippen molar-refractivity contribution in [3.05, 3.63) is 48.9 Å². The molecule has 0 amide bonds. The first-order valence-corrected chi connectivity index (χ1v) is 6.80. The summed E-state index contributed by atoms with van der Waals surface area (Å²) < 4.78 is 0. The SMILES string of the molecule is C=C(CC)CNCC(=C)CNC(=C)CCNC(=C)C. The monoisotopic (exact) mass is 263 g/mol. The van der Waals surface area contributed by atoms with Gasteiger partial charge in [0.15, 0.2) is 0 Å². The van der Waals surface area contributed by atoms with Gasteiger partial charge in [0.1, 0.15) is 0 Å². The Morgan fingerprint density at radius 2 is 1.53 bits per heavy atom. The third kappa shape index (κ3) is 11.3. The lowest BCUT2D eigenvalue weighted by molar-refractivity contribution is 0.708. The van der Waals surface area contributed by atoms with Crippen LogP contribution in [0.4, 0.5) is 0 Å². The van der Waals surface area contributed by atoms with Crippen molar-refractivity contribution in [2.24, 2.45) is 0 Å². The molecule has 0 aromatic heterocycles. The van der Waals surface area contributed by atoms with Crippen LogP contribution in [0.2, 0.25) is 0 Å². The minimum absolute atomic E-state index is 0.761. The van der Waals surface area contributed by atoms with Gasteiger partial charge >= 0.3 is 0 Å². The Labute approximate surface area is 118 Å². The first-order valence-electron chi connectivity index (χ1n) is 6.80. The summed E-state index contributed by atoms with van der Waals surface area (Å²) in [5, 5.41) is 9.78. The molecule has 0 aliphatic carbocycles. The van der Waals surface area contributed by atoms with Gasteiger partial charge in [0, 0.05) is 44.0 Å². The van der Waals surface area contributed by atoms with Crippen LogP contribution < -0.4 is 16.0 Å². The zero-order valence-electron chi connectivity index (χ0n) is 12.6. The van der Waals surface area contributed by atoms with Crippen molar-refractivity contribution in [1.82, 2.24) is 16.0 Å². The van der Waals surface area contributed by atoms with Gasteiger partial charge in [-0.3, -0.25) is 0 Å². The van der Waals surface area contributed by atoms with Crippen LogP contribution in [0.1, 0.15) is 26.7 Å². The van der Waals surface area contributed by atoms with Gasteiger partial charge in [-0.2, -0.15) is 0 Å². The molecule has 3 heteroatoms. The van der Waals surface area contributed by atoms with Crippen molar-refractivity contribution in [3.8, 4) is 0 Å². The summed E-state index contributed by atoms with van der Waals surface area (Å²) >= 11 is 0. The van der Waals surface area contributed by atoms with Crippen LogP contribution in [-0.2, 0) is 0 Å². The molecule has 0 bridgehead atoms. The van der Waals surface area contributed by atoms with Crippen molar-refractivity contribution in [1.29, 1.82) is 0 Å². The van der Waals surface area contributed by atoms with E-state index in [0.717, 1.165) is 56.0 Å². The highest BCUT2D eigenvalue weighted by Crippen LogP contribution is 1.96. The largest absolute Gasteiger partial charge is 0.389 e. The van der Waals surface area contributed by atoms with Gasteiger partial charge < -0.3 is 16.0 Å². The molecule has 0 aliphatic heterocycles. The molecule has 0 aromatic carbocycles. The summed E-state index contributed by atoms with van der Waals surface area (Å²) in [7, 11) is 0. The fourth-order valence-corrected chi connectivity index (χ4v) is 1.37. The minimum atomic E-state index is 0.761. The zero-order valence-corrected chi connectivity index (χ0v) is 12.6. The Kier molecular flexibility index (Phi) is 9.63. The lowest BCUT2D eigenvalue weighted by atomic mass is 10.2. The molecule has 0 rings (SSSR count). The van der Waals surface area contributed by atoms with E-state index >= 15 is 0 Å². The zero-order chi connectivity index (χ0) is 14.7. The van der Waals surface area contributed by atoms with E-state index in [1.807, 2.05) is 6.92 Å². The quantitative estimate of drug-likeness (QED) is 0.474. The van der Waals surface area contributed by atoms with E-state index in [1.165, 1.54) is 5.57 Å². The molecule has 3 nitrogen and oxygen atoms in total. The van der Waals surface area contributed by atoms with Crippen molar-refractivity contribution in [3.63, 3.8) is 0 Å². The molecule has 19 heavy (non-hydrogen) atoms. The lowest BCUT2D eigenvalue weighted by Crippen LogP contribution is -2.26. The fourth-order valence-electron chi connectivity index (χ4n) is 1.37. The second-order valence-electron chi connectivity index (χ2n) is 4.87. The Morgan fingerprint density at radius 3 is 2.11 bits per heavy atom. The highest BCUT2D eigenvalue weighted by Gasteiger charge is 1.97. The lowest BCUT2D eigenvalue weighted by Gasteiger charge is -2.13. The smallest absolute Gasteiger partial charge is 0.0366 e. The Bertz CT molecular complexity index is 329. The number of allylic oxidation sites excluding steroid dienone is 1. The van der Waals surface area contributed by atoms with Crippen LogP contribution in [0.3, 0.4) is 0 Å². The van der Waals surface area contributed by atoms with Crippen LogP contribution in [0.15, 0.2) is 48.9 Å². The van der Waals surface area contributed by atoms with E-state index in [0.29, 0.717) is 0 Å². The third-order valence-corrected chi connectivity index (χ3v) is 2.69. The molecule has 3 N–H and O–H groups in total. The number of hydrogen-bond acceptors (Lipinski definition) is 3. The topological polar surface area (TPSA) is 36.1 Å². The van der Waals surface area contributed by atoms with Crippen molar-refractivity contribution >= 4 is 0 Å². The summed E-state index contributed by atoms with van der Waals surface area (Å²) in [6, 6.07) is 0. The van der Waals surface area contributed by atoms with Crippen molar-refractivity contribution < 1.29 is 0 Å². The third-order valence-electron chi connectivity index (χ3n) is 2.69. The second-order valence-corrected chi connectivity index (χ2v) is 4.87. The predicted octanol–water partition coefficient (Wildman–Crippen LogP) is 2.72. The van der Waals surface area contributed by atoms with Crippen LogP contribution in [-0.4, -0.2) is 26.2 Å². The highest BCUT2D eigenvalue weighted by molar-refractivity contribution is 5.05. The van der Waals surface area contributed by atoms with E-state index in [4.69, 9.17) is 0 Å². The van der Waals surface area contributed by atoms with Gasteiger partial charge in [-0.25, -0.2) is 0 Å². The van der Waals surface area contributed by atoms with Crippen LogP contribution >= 0.6 is 0 Å². The van der Waals surface area contributed by atoms with Crippen LogP contribution in [0.25, 0.3) is 0 Å². The molecular formula is C16H29N3. The summed E-state index contributed by atoms with van der Waals surface area (Å²) in [5.74, 6) is 0. The van der Waals surface area contributed by atoms with Crippen LogP contribution in [0.5, 0.6) is 0 Å². The minimum Gasteiger partial charge on any atom is -0.389 e. The molecule has 0 saturated heterocycles. The van der Waals surface area contributed by atoms with Gasteiger partial charge in [-0.15, -0.1) is 0 Å². The maximum atomic E-state index is 4.03. The van der Waals surface area contributed by atoms with Crippen molar-refractivity contribution in [2.75, 3.05) is 26.2 Å². The summed E-state index contributed by atoms with van der Waals surface area (Å²) in [6.07, 6.45) is 1.91. The van der Waals surface area contributed by atoms with E-state index in [1.54, 1.807) is 0 Å². The van der Waals surface area contributed by atoms with Crippen molar-refractivity contribution in [2.45, 2.75) is 26.7 Å². The first kappa shape index (κ1) is 17.5. The van der Waals surface area contributed by atoms with Gasteiger partial charge in [0.2, 0.25) is 0 Å². The Morgan fingerprint density at radius 1 is 0.895 bits per heavy atom. The number of nitrogens with one attached hydrogen (secondary N) is 3.